The van der Waals surface area contributed by atoms with Gasteiger partial charge in [-0.05, 0) is 26.4 Å². The first-order valence-corrected chi connectivity index (χ1v) is 3.59. The largest absolute Gasteiger partial charge is 0.481 e. The molecule has 10 heavy (non-hydrogen) atoms. The topological polar surface area (TPSA) is 49.3 Å². The van der Waals surface area contributed by atoms with Crippen LogP contribution in [0.2, 0.25) is 0 Å². The number of nitrogens with one attached hydrogen (secondary N) is 1. The lowest BCUT2D eigenvalue weighted by Crippen LogP contribution is -2.19. The predicted molar refractivity (Wildman–Crippen MR) is 40.0 cm³/mol. The van der Waals surface area contributed by atoms with Crippen molar-refractivity contribution in [2.75, 3.05) is 13.6 Å². The van der Waals surface area contributed by atoms with E-state index in [9.17, 15) is 4.79 Å². The van der Waals surface area contributed by atoms with Crippen molar-refractivity contribution in [2.45, 2.75) is 19.8 Å². The van der Waals surface area contributed by atoms with E-state index in [-0.39, 0.29) is 5.92 Å². The van der Waals surface area contributed by atoms with Crippen LogP contribution in [0.4, 0.5) is 0 Å². The zero-order chi connectivity index (χ0) is 7.98. The molecular weight excluding hydrogens is 130 g/mol. The van der Waals surface area contributed by atoms with Gasteiger partial charge in [-0.2, -0.15) is 0 Å². The second-order valence-corrected chi connectivity index (χ2v) is 2.34. The number of aliphatic carboxylic acids is 1. The fourth-order valence-corrected chi connectivity index (χ4v) is 0.821. The van der Waals surface area contributed by atoms with Crippen LogP contribution in [0.15, 0.2) is 0 Å². The predicted octanol–water partition coefficient (Wildman–Crippen LogP) is 0.707. The Morgan fingerprint density at radius 1 is 1.70 bits per heavy atom. The monoisotopic (exact) mass is 145 g/mol. The van der Waals surface area contributed by atoms with Gasteiger partial charge in [-0.3, -0.25) is 4.79 Å². The van der Waals surface area contributed by atoms with E-state index in [1.54, 1.807) is 0 Å². The van der Waals surface area contributed by atoms with Gasteiger partial charge in [-0.25, -0.2) is 0 Å². The summed E-state index contributed by atoms with van der Waals surface area (Å²) in [5.41, 5.74) is 0. The summed E-state index contributed by atoms with van der Waals surface area (Å²) in [4.78, 5) is 10.4. The molecule has 0 rings (SSSR count). The summed E-state index contributed by atoms with van der Waals surface area (Å²) in [6, 6.07) is 0. The first-order chi connectivity index (χ1) is 4.72. The fraction of sp³-hybridized carbons (Fsp3) is 0.857. The highest BCUT2D eigenvalue weighted by Crippen LogP contribution is 2.06. The molecule has 0 aromatic rings. The lowest BCUT2D eigenvalue weighted by Gasteiger charge is -2.07. The Morgan fingerprint density at radius 2 is 2.30 bits per heavy atom. The first-order valence-electron chi connectivity index (χ1n) is 3.59. The number of carboxylic acid groups (broad SMARTS) is 1. The van der Waals surface area contributed by atoms with E-state index in [1.807, 2.05) is 14.0 Å². The number of carboxylic acids is 1. The molecule has 0 spiro atoms. The molecule has 60 valence electrons. The highest BCUT2D eigenvalue weighted by Gasteiger charge is 2.12. The van der Waals surface area contributed by atoms with Crippen molar-refractivity contribution < 1.29 is 9.90 Å². The lowest BCUT2D eigenvalue weighted by molar-refractivity contribution is -0.142. The lowest BCUT2D eigenvalue weighted by atomic mass is 10.0. The molecule has 0 aromatic carbocycles. The van der Waals surface area contributed by atoms with Crippen LogP contribution in [0.3, 0.4) is 0 Å². The van der Waals surface area contributed by atoms with Crippen molar-refractivity contribution in [3.8, 4) is 0 Å². The van der Waals surface area contributed by atoms with Gasteiger partial charge in [-0.15, -0.1) is 0 Å². The van der Waals surface area contributed by atoms with Gasteiger partial charge in [0.25, 0.3) is 0 Å². The maximum Gasteiger partial charge on any atom is 0.306 e. The van der Waals surface area contributed by atoms with Gasteiger partial charge in [-0.1, -0.05) is 6.92 Å². The van der Waals surface area contributed by atoms with E-state index in [0.717, 1.165) is 19.4 Å². The first kappa shape index (κ1) is 9.43. The zero-order valence-corrected chi connectivity index (χ0v) is 6.55. The third-order valence-corrected chi connectivity index (χ3v) is 1.58. The summed E-state index contributed by atoms with van der Waals surface area (Å²) in [5, 5.41) is 11.5. The second kappa shape index (κ2) is 5.23. The molecule has 0 aromatic heterocycles. The van der Waals surface area contributed by atoms with E-state index in [4.69, 9.17) is 5.11 Å². The molecule has 0 radical (unpaired) electrons. The van der Waals surface area contributed by atoms with Gasteiger partial charge in [0.15, 0.2) is 0 Å². The molecule has 0 bridgehead atoms. The third-order valence-electron chi connectivity index (χ3n) is 1.58. The fourth-order valence-electron chi connectivity index (χ4n) is 0.821. The molecule has 1 unspecified atom stereocenters. The van der Waals surface area contributed by atoms with Crippen molar-refractivity contribution in [1.82, 2.24) is 5.32 Å². The SMILES string of the molecule is CCC(CCNC)C(=O)O. The number of rotatable bonds is 5. The Balaban J connectivity index is 3.50. The van der Waals surface area contributed by atoms with Crippen molar-refractivity contribution in [2.24, 2.45) is 5.92 Å². The third kappa shape index (κ3) is 3.45. The van der Waals surface area contributed by atoms with E-state index in [0.29, 0.717) is 0 Å². The van der Waals surface area contributed by atoms with Gasteiger partial charge in [0.05, 0.1) is 5.92 Å². The second-order valence-electron chi connectivity index (χ2n) is 2.34. The van der Waals surface area contributed by atoms with Crippen LogP contribution in [0, 0.1) is 5.92 Å². The summed E-state index contributed by atoms with van der Waals surface area (Å²) in [6.07, 6.45) is 1.44. The molecule has 0 aliphatic carbocycles. The molecule has 0 saturated carbocycles. The molecule has 0 aliphatic rings. The Hall–Kier alpha value is -0.570. The van der Waals surface area contributed by atoms with E-state index >= 15 is 0 Å². The molecule has 0 fully saturated rings. The molecule has 0 saturated heterocycles. The van der Waals surface area contributed by atoms with Crippen molar-refractivity contribution in [1.29, 1.82) is 0 Å². The van der Waals surface area contributed by atoms with E-state index in [2.05, 4.69) is 5.32 Å². The maximum absolute atomic E-state index is 10.4. The molecule has 0 aliphatic heterocycles. The van der Waals surface area contributed by atoms with Crippen molar-refractivity contribution >= 4 is 5.97 Å². The summed E-state index contributed by atoms with van der Waals surface area (Å²) >= 11 is 0. The molecular formula is C7H15NO2. The highest BCUT2D eigenvalue weighted by molar-refractivity contribution is 5.69. The molecule has 3 heteroatoms. The maximum atomic E-state index is 10.4. The minimum Gasteiger partial charge on any atom is -0.481 e. The number of carbonyl (C=O) groups is 1. The van der Waals surface area contributed by atoms with Crippen molar-refractivity contribution in [3.05, 3.63) is 0 Å². The summed E-state index contributed by atoms with van der Waals surface area (Å²) < 4.78 is 0. The molecule has 0 amide bonds. The molecule has 1 atom stereocenters. The van der Waals surface area contributed by atoms with Crippen LogP contribution in [0.1, 0.15) is 19.8 Å². The average Bonchev–Trinajstić information content (AvgIpc) is 1.89. The van der Waals surface area contributed by atoms with Crippen LogP contribution in [-0.4, -0.2) is 24.7 Å². The van der Waals surface area contributed by atoms with Crippen LogP contribution in [-0.2, 0) is 4.79 Å². The van der Waals surface area contributed by atoms with Crippen LogP contribution < -0.4 is 5.32 Å². The van der Waals surface area contributed by atoms with Gasteiger partial charge in [0, 0.05) is 0 Å². The number of hydrogen-bond donors (Lipinski definition) is 2. The van der Waals surface area contributed by atoms with Crippen LogP contribution in [0.25, 0.3) is 0 Å². The molecule has 3 nitrogen and oxygen atoms in total. The Bertz CT molecular complexity index is 104. The standard InChI is InChI=1S/C7H15NO2/c1-3-6(7(9)10)4-5-8-2/h6,8H,3-5H2,1-2H3,(H,9,10). The van der Waals surface area contributed by atoms with Crippen LogP contribution >= 0.6 is 0 Å². The number of hydrogen-bond acceptors (Lipinski definition) is 2. The average molecular weight is 145 g/mol. The minimum atomic E-state index is -0.683. The van der Waals surface area contributed by atoms with Crippen molar-refractivity contribution in [3.63, 3.8) is 0 Å². The summed E-state index contributed by atoms with van der Waals surface area (Å²) in [6.45, 7) is 2.68. The van der Waals surface area contributed by atoms with Gasteiger partial charge in [0.1, 0.15) is 0 Å². The highest BCUT2D eigenvalue weighted by atomic mass is 16.4. The Kier molecular flexibility index (Phi) is 4.94. The smallest absolute Gasteiger partial charge is 0.306 e. The summed E-state index contributed by atoms with van der Waals surface area (Å²) in [7, 11) is 1.83. The molecule has 0 heterocycles. The van der Waals surface area contributed by atoms with Crippen LogP contribution in [0.5, 0.6) is 0 Å². The summed E-state index contributed by atoms with van der Waals surface area (Å²) in [5.74, 6) is -0.856. The van der Waals surface area contributed by atoms with Gasteiger partial charge in [0.2, 0.25) is 0 Å². The Labute approximate surface area is 61.4 Å². The van der Waals surface area contributed by atoms with E-state index in [1.165, 1.54) is 0 Å². The van der Waals surface area contributed by atoms with Gasteiger partial charge < -0.3 is 10.4 Å². The normalized spacial score (nSPS) is 13.0. The Morgan fingerprint density at radius 3 is 2.60 bits per heavy atom. The quantitative estimate of drug-likeness (QED) is 0.599. The molecule has 2 N–H and O–H groups in total. The zero-order valence-electron chi connectivity index (χ0n) is 6.55. The minimum absolute atomic E-state index is 0.174. The van der Waals surface area contributed by atoms with E-state index < -0.39 is 5.97 Å². The van der Waals surface area contributed by atoms with Gasteiger partial charge >= 0.3 is 5.97 Å².